The molecule has 1 aliphatic carbocycles. The van der Waals surface area contributed by atoms with Gasteiger partial charge >= 0.3 is 0 Å². The summed E-state index contributed by atoms with van der Waals surface area (Å²) < 4.78 is 13.8. The third kappa shape index (κ3) is 2.43. The van der Waals surface area contributed by atoms with Crippen LogP contribution in [0.25, 0.3) is 0 Å². The third-order valence-electron chi connectivity index (χ3n) is 3.61. The van der Waals surface area contributed by atoms with Gasteiger partial charge in [0.05, 0.1) is 11.8 Å². The van der Waals surface area contributed by atoms with Crippen molar-refractivity contribution in [3.8, 4) is 0 Å². The Morgan fingerprint density at radius 3 is 2.80 bits per heavy atom. The Kier molecular flexibility index (Phi) is 3.26. The first kappa shape index (κ1) is 12.8. The van der Waals surface area contributed by atoms with Crippen molar-refractivity contribution in [3.63, 3.8) is 0 Å². The van der Waals surface area contributed by atoms with E-state index in [1.807, 2.05) is 6.92 Å². The Balaban J connectivity index is 1.85. The number of nitrogens with one attached hydrogen (secondary N) is 1. The Morgan fingerprint density at radius 1 is 1.45 bits per heavy atom. The molecule has 5 heteroatoms. The first-order valence-corrected chi connectivity index (χ1v) is 6.71. The van der Waals surface area contributed by atoms with Crippen molar-refractivity contribution >= 4 is 5.91 Å². The molecule has 4 nitrogen and oxygen atoms in total. The van der Waals surface area contributed by atoms with E-state index in [9.17, 15) is 9.18 Å². The highest BCUT2D eigenvalue weighted by Gasteiger charge is 2.34. The molecule has 0 radical (unpaired) electrons. The Bertz CT molecular complexity index is 634. The summed E-state index contributed by atoms with van der Waals surface area (Å²) >= 11 is 0. The van der Waals surface area contributed by atoms with Gasteiger partial charge in [0.1, 0.15) is 5.82 Å². The highest BCUT2D eigenvalue weighted by Crippen LogP contribution is 2.30. The first-order valence-electron chi connectivity index (χ1n) is 6.71. The number of rotatable bonds is 4. The van der Waals surface area contributed by atoms with E-state index in [4.69, 9.17) is 0 Å². The minimum atomic E-state index is -0.269. The van der Waals surface area contributed by atoms with Gasteiger partial charge in [-0.05, 0) is 25.8 Å². The third-order valence-corrected chi connectivity index (χ3v) is 3.61. The van der Waals surface area contributed by atoms with Crippen LogP contribution < -0.4 is 0 Å². The highest BCUT2D eigenvalue weighted by molar-refractivity contribution is 5.95. The van der Waals surface area contributed by atoms with E-state index in [0.717, 1.165) is 18.5 Å². The number of H-pyrrole nitrogens is 1. The van der Waals surface area contributed by atoms with Crippen molar-refractivity contribution in [3.05, 3.63) is 53.1 Å². The van der Waals surface area contributed by atoms with E-state index in [1.165, 1.54) is 12.3 Å². The molecule has 20 heavy (non-hydrogen) atoms. The topological polar surface area (TPSA) is 49.0 Å². The monoisotopic (exact) mass is 273 g/mol. The molecule has 1 heterocycles. The molecule has 1 amide bonds. The fraction of sp³-hybridized carbons (Fsp3) is 0.333. The molecule has 1 aromatic carbocycles. The lowest BCUT2D eigenvalue weighted by Crippen LogP contribution is -2.33. The lowest BCUT2D eigenvalue weighted by Gasteiger charge is -2.22. The summed E-state index contributed by atoms with van der Waals surface area (Å²) in [4.78, 5) is 14.3. The van der Waals surface area contributed by atoms with Crippen LogP contribution in [0.5, 0.6) is 0 Å². The Morgan fingerprint density at radius 2 is 2.20 bits per heavy atom. The molecular formula is C15H16FN3O. The van der Waals surface area contributed by atoms with E-state index < -0.39 is 0 Å². The van der Waals surface area contributed by atoms with Gasteiger partial charge in [0, 0.05) is 23.8 Å². The maximum absolute atomic E-state index is 13.8. The van der Waals surface area contributed by atoms with Crippen molar-refractivity contribution in [2.24, 2.45) is 0 Å². The minimum Gasteiger partial charge on any atom is -0.331 e. The molecule has 1 N–H and O–H groups in total. The number of benzene rings is 1. The van der Waals surface area contributed by atoms with Gasteiger partial charge in [-0.1, -0.05) is 18.2 Å². The van der Waals surface area contributed by atoms with Crippen LogP contribution in [-0.4, -0.2) is 27.0 Å². The molecular weight excluding hydrogens is 257 g/mol. The van der Waals surface area contributed by atoms with E-state index in [1.54, 1.807) is 23.1 Å². The fourth-order valence-corrected chi connectivity index (χ4v) is 2.28. The van der Waals surface area contributed by atoms with Crippen LogP contribution in [0.15, 0.2) is 30.5 Å². The van der Waals surface area contributed by atoms with Gasteiger partial charge in [0.2, 0.25) is 0 Å². The van der Waals surface area contributed by atoms with Gasteiger partial charge in [0.15, 0.2) is 0 Å². The Hall–Kier alpha value is -2.17. The summed E-state index contributed by atoms with van der Waals surface area (Å²) in [5.74, 6) is -0.350. The molecule has 0 bridgehead atoms. The Labute approximate surface area is 116 Å². The van der Waals surface area contributed by atoms with Crippen molar-refractivity contribution in [1.29, 1.82) is 0 Å². The molecule has 0 aliphatic heterocycles. The summed E-state index contributed by atoms with van der Waals surface area (Å²) in [6, 6.07) is 6.81. The molecule has 0 atom stereocenters. The van der Waals surface area contributed by atoms with Crippen LogP contribution in [0.1, 0.15) is 34.5 Å². The standard InChI is InChI=1S/C15H16FN3O/c1-10-13(8-17-18-10)15(20)19(12-6-7-12)9-11-4-2-3-5-14(11)16/h2-5,8,12H,6-7,9H2,1H3,(H,17,18). The number of amides is 1. The largest absolute Gasteiger partial charge is 0.331 e. The zero-order valence-corrected chi connectivity index (χ0v) is 11.3. The molecule has 1 aromatic heterocycles. The first-order chi connectivity index (χ1) is 9.66. The second kappa shape index (κ2) is 5.07. The average molecular weight is 273 g/mol. The van der Waals surface area contributed by atoms with Crippen LogP contribution in [0.3, 0.4) is 0 Å². The fourth-order valence-electron chi connectivity index (χ4n) is 2.28. The van der Waals surface area contributed by atoms with Crippen LogP contribution in [0, 0.1) is 12.7 Å². The smallest absolute Gasteiger partial charge is 0.257 e. The van der Waals surface area contributed by atoms with E-state index in [0.29, 0.717) is 17.7 Å². The van der Waals surface area contributed by atoms with Crippen LogP contribution in [0.2, 0.25) is 0 Å². The number of aromatic nitrogens is 2. The summed E-state index contributed by atoms with van der Waals surface area (Å²) in [5, 5.41) is 6.65. The SMILES string of the molecule is Cc1[nH]ncc1C(=O)N(Cc1ccccc1F)C1CC1. The molecule has 3 rings (SSSR count). The van der Waals surface area contributed by atoms with E-state index >= 15 is 0 Å². The maximum atomic E-state index is 13.8. The lowest BCUT2D eigenvalue weighted by molar-refractivity contribution is 0.0727. The van der Waals surface area contributed by atoms with Gasteiger partial charge in [-0.25, -0.2) is 4.39 Å². The second-order valence-corrected chi connectivity index (χ2v) is 5.16. The summed E-state index contributed by atoms with van der Waals surface area (Å²) in [6.45, 7) is 2.12. The predicted molar refractivity (Wildman–Crippen MR) is 72.6 cm³/mol. The minimum absolute atomic E-state index is 0.0815. The molecule has 1 fully saturated rings. The number of carbonyl (C=O) groups excluding carboxylic acids is 1. The van der Waals surface area contributed by atoms with Gasteiger partial charge < -0.3 is 4.90 Å². The molecule has 1 aliphatic rings. The highest BCUT2D eigenvalue weighted by atomic mass is 19.1. The molecule has 2 aromatic rings. The molecule has 0 saturated heterocycles. The van der Waals surface area contributed by atoms with Crippen LogP contribution in [0.4, 0.5) is 4.39 Å². The summed E-state index contributed by atoms with van der Waals surface area (Å²) in [7, 11) is 0. The molecule has 0 spiro atoms. The van der Waals surface area contributed by atoms with Crippen molar-refractivity contribution in [1.82, 2.24) is 15.1 Å². The summed E-state index contributed by atoms with van der Waals surface area (Å²) in [5.41, 5.74) is 1.86. The van der Waals surface area contributed by atoms with Crippen molar-refractivity contribution < 1.29 is 9.18 Å². The molecule has 1 saturated carbocycles. The number of carbonyl (C=O) groups is 1. The zero-order chi connectivity index (χ0) is 14.1. The number of halogens is 1. The quantitative estimate of drug-likeness (QED) is 0.931. The number of hydrogen-bond acceptors (Lipinski definition) is 2. The number of aromatic amines is 1. The van der Waals surface area contributed by atoms with E-state index in [-0.39, 0.29) is 17.8 Å². The summed E-state index contributed by atoms with van der Waals surface area (Å²) in [6.07, 6.45) is 3.50. The number of nitrogens with zero attached hydrogens (tertiary/aromatic N) is 2. The molecule has 0 unspecified atom stereocenters. The lowest BCUT2D eigenvalue weighted by atomic mass is 10.1. The van der Waals surface area contributed by atoms with Gasteiger partial charge in [0.25, 0.3) is 5.91 Å². The maximum Gasteiger partial charge on any atom is 0.257 e. The molecule has 104 valence electrons. The van der Waals surface area contributed by atoms with Crippen LogP contribution in [-0.2, 0) is 6.54 Å². The predicted octanol–water partition coefficient (Wildman–Crippen LogP) is 2.66. The average Bonchev–Trinajstić information content (AvgIpc) is 3.19. The second-order valence-electron chi connectivity index (χ2n) is 5.16. The van der Waals surface area contributed by atoms with Crippen molar-refractivity contribution in [2.45, 2.75) is 32.4 Å². The zero-order valence-electron chi connectivity index (χ0n) is 11.3. The van der Waals surface area contributed by atoms with E-state index in [2.05, 4.69) is 10.2 Å². The number of aryl methyl sites for hydroxylation is 1. The van der Waals surface area contributed by atoms with Gasteiger partial charge in [-0.15, -0.1) is 0 Å². The van der Waals surface area contributed by atoms with Crippen LogP contribution >= 0.6 is 0 Å². The van der Waals surface area contributed by atoms with Gasteiger partial charge in [-0.3, -0.25) is 9.89 Å². The van der Waals surface area contributed by atoms with Crippen molar-refractivity contribution in [2.75, 3.05) is 0 Å². The number of hydrogen-bond donors (Lipinski definition) is 1. The van der Waals surface area contributed by atoms with Gasteiger partial charge in [-0.2, -0.15) is 5.10 Å². The normalized spacial score (nSPS) is 14.3.